The second-order valence-corrected chi connectivity index (χ2v) is 8.03. The molecule has 1 aliphatic heterocycles. The lowest BCUT2D eigenvalue weighted by Crippen LogP contribution is -2.37. The fourth-order valence-corrected chi connectivity index (χ4v) is 3.33. The number of allylic oxidation sites excluding steroid dienone is 7. The minimum atomic E-state index is -1.08. The van der Waals surface area contributed by atoms with Gasteiger partial charge >= 0.3 is 0 Å². The molecular weight excluding hydrogens is 463 g/mol. The lowest BCUT2D eigenvalue weighted by atomic mass is 9.91. The third kappa shape index (κ3) is 7.28. The maximum Gasteiger partial charge on any atom is 0.130 e. The Morgan fingerprint density at radius 3 is 2.73 bits per heavy atom. The van der Waals surface area contributed by atoms with Crippen molar-refractivity contribution in [1.82, 2.24) is 10.4 Å². The van der Waals surface area contributed by atoms with Gasteiger partial charge in [0.1, 0.15) is 6.23 Å². The van der Waals surface area contributed by atoms with Crippen molar-refractivity contribution in [3.63, 3.8) is 0 Å². The van der Waals surface area contributed by atoms with E-state index in [2.05, 4.69) is 45.8 Å². The van der Waals surface area contributed by atoms with E-state index < -0.39 is 6.23 Å². The van der Waals surface area contributed by atoms with Gasteiger partial charge in [-0.15, -0.1) is 0 Å². The minimum Gasteiger partial charge on any atom is -0.402 e. The summed E-state index contributed by atoms with van der Waals surface area (Å²) in [6.45, 7) is 10.9. The topological polar surface area (TPSA) is 87.5 Å². The normalized spacial score (nSPS) is 23.9. The van der Waals surface area contributed by atoms with Gasteiger partial charge in [-0.25, -0.2) is 5.43 Å². The van der Waals surface area contributed by atoms with E-state index in [-0.39, 0.29) is 0 Å². The molecule has 26 heavy (non-hydrogen) atoms. The highest BCUT2D eigenvalue weighted by atomic mass is 127. The minimum absolute atomic E-state index is 0.500. The molecule has 0 aromatic heterocycles. The standard InChI is InChI=1S/C19H28ClIN4O/c1-12-10-25(11-16(21)7-5-6-13(2)20)24-9-8-17(14(12)3)18(15(4)22)19(23)26/h5-7,10,19,24,26H,2,8-9,11,22-23H2,1,3-4H3/b6-5-,12-10+,16-7+,17-14+,18-15-. The third-order valence-corrected chi connectivity index (χ3v) is 4.83. The maximum absolute atomic E-state index is 9.92. The van der Waals surface area contributed by atoms with Crippen LogP contribution in [-0.2, 0) is 0 Å². The van der Waals surface area contributed by atoms with Gasteiger partial charge in [-0.3, -0.25) is 0 Å². The Hall–Kier alpha value is -1.06. The van der Waals surface area contributed by atoms with E-state index in [9.17, 15) is 5.11 Å². The Balaban J connectivity index is 3.08. The molecule has 0 radical (unpaired) electrons. The van der Waals surface area contributed by atoms with Crippen LogP contribution in [0.25, 0.3) is 0 Å². The predicted molar refractivity (Wildman–Crippen MR) is 119 cm³/mol. The number of hydrogen-bond acceptors (Lipinski definition) is 5. The summed E-state index contributed by atoms with van der Waals surface area (Å²) in [5.41, 5.74) is 19.4. The molecular formula is C19H28ClIN4O. The van der Waals surface area contributed by atoms with Crippen molar-refractivity contribution >= 4 is 34.2 Å². The summed E-state index contributed by atoms with van der Waals surface area (Å²) in [6, 6.07) is 0. The Morgan fingerprint density at radius 1 is 1.54 bits per heavy atom. The van der Waals surface area contributed by atoms with E-state index in [0.717, 1.165) is 33.3 Å². The average Bonchev–Trinajstić information content (AvgIpc) is 2.50. The highest BCUT2D eigenvalue weighted by Crippen LogP contribution is 2.27. The molecule has 0 aromatic rings. The molecule has 144 valence electrons. The first-order chi connectivity index (χ1) is 12.1. The number of halogens is 2. The highest BCUT2D eigenvalue weighted by molar-refractivity contribution is 14.1. The summed E-state index contributed by atoms with van der Waals surface area (Å²) in [6.07, 6.45) is 7.32. The first-order valence-corrected chi connectivity index (χ1v) is 9.75. The second-order valence-electron chi connectivity index (χ2n) is 6.16. The van der Waals surface area contributed by atoms with Gasteiger partial charge in [0, 0.05) is 32.6 Å². The number of aliphatic hydroxyl groups excluding tert-OH is 1. The van der Waals surface area contributed by atoms with E-state index in [0.29, 0.717) is 22.8 Å². The number of hydrogen-bond donors (Lipinski definition) is 4. The molecule has 0 saturated heterocycles. The zero-order chi connectivity index (χ0) is 19.9. The highest BCUT2D eigenvalue weighted by Gasteiger charge is 2.19. The molecule has 1 atom stereocenters. The van der Waals surface area contributed by atoms with E-state index in [1.807, 2.05) is 26.0 Å². The summed E-state index contributed by atoms with van der Waals surface area (Å²) in [5.74, 6) is 0. The number of aliphatic hydroxyl groups is 1. The quantitative estimate of drug-likeness (QED) is 0.260. The summed E-state index contributed by atoms with van der Waals surface area (Å²) >= 11 is 8.02. The zero-order valence-corrected chi connectivity index (χ0v) is 18.4. The van der Waals surface area contributed by atoms with Gasteiger partial charge in [-0.1, -0.05) is 30.3 Å². The molecule has 0 bridgehead atoms. The van der Waals surface area contributed by atoms with E-state index in [1.54, 1.807) is 13.0 Å². The molecule has 1 rings (SSSR count). The molecule has 7 heteroatoms. The van der Waals surface area contributed by atoms with Crippen LogP contribution in [-0.4, -0.2) is 29.4 Å². The smallest absolute Gasteiger partial charge is 0.130 e. The van der Waals surface area contributed by atoms with E-state index in [4.69, 9.17) is 23.1 Å². The van der Waals surface area contributed by atoms with Crippen molar-refractivity contribution < 1.29 is 5.11 Å². The number of hydrazine groups is 1. The molecule has 1 heterocycles. The molecule has 0 amide bonds. The monoisotopic (exact) mass is 490 g/mol. The largest absolute Gasteiger partial charge is 0.402 e. The van der Waals surface area contributed by atoms with Gasteiger partial charge in [-0.05, 0) is 72.6 Å². The molecule has 6 N–H and O–H groups in total. The molecule has 5 nitrogen and oxygen atoms in total. The molecule has 0 aliphatic carbocycles. The van der Waals surface area contributed by atoms with Crippen molar-refractivity contribution in [2.24, 2.45) is 11.5 Å². The molecule has 1 unspecified atom stereocenters. The first kappa shape index (κ1) is 23.0. The number of nitrogens with one attached hydrogen (secondary N) is 1. The van der Waals surface area contributed by atoms with Crippen molar-refractivity contribution in [3.8, 4) is 0 Å². The van der Waals surface area contributed by atoms with Crippen molar-refractivity contribution in [2.75, 3.05) is 13.1 Å². The summed E-state index contributed by atoms with van der Waals surface area (Å²) < 4.78 is 1.14. The van der Waals surface area contributed by atoms with Crippen molar-refractivity contribution in [2.45, 2.75) is 33.4 Å². The van der Waals surface area contributed by atoms with Crippen LogP contribution in [0.5, 0.6) is 0 Å². The van der Waals surface area contributed by atoms with Crippen molar-refractivity contribution in [1.29, 1.82) is 0 Å². The molecule has 0 aromatic carbocycles. The molecule has 0 spiro atoms. The molecule has 1 aliphatic rings. The molecule has 0 fully saturated rings. The lowest BCUT2D eigenvalue weighted by molar-refractivity contribution is 0.218. The first-order valence-electron chi connectivity index (χ1n) is 8.29. The Kier molecular flexibility index (Phi) is 9.67. The van der Waals surface area contributed by atoms with Gasteiger partial charge in [0.15, 0.2) is 0 Å². The van der Waals surface area contributed by atoms with Gasteiger partial charge in [0.25, 0.3) is 0 Å². The summed E-state index contributed by atoms with van der Waals surface area (Å²) in [5, 5.41) is 12.5. The van der Waals surface area contributed by atoms with Gasteiger partial charge in [0.2, 0.25) is 0 Å². The van der Waals surface area contributed by atoms with Crippen LogP contribution < -0.4 is 16.9 Å². The Labute approximate surface area is 174 Å². The van der Waals surface area contributed by atoms with E-state index >= 15 is 0 Å². The summed E-state index contributed by atoms with van der Waals surface area (Å²) in [7, 11) is 0. The van der Waals surface area contributed by atoms with Crippen LogP contribution in [0.1, 0.15) is 27.2 Å². The lowest BCUT2D eigenvalue weighted by Gasteiger charge is -2.28. The molecule has 0 saturated carbocycles. The summed E-state index contributed by atoms with van der Waals surface area (Å²) in [4.78, 5) is 0. The van der Waals surface area contributed by atoms with Gasteiger partial charge in [-0.2, -0.15) is 0 Å². The van der Waals surface area contributed by atoms with Crippen LogP contribution in [0.2, 0.25) is 0 Å². The van der Waals surface area contributed by atoms with Gasteiger partial charge < -0.3 is 21.6 Å². The Morgan fingerprint density at radius 2 is 2.19 bits per heavy atom. The SMILES string of the molecule is C=C(Cl)/C=C\C=C(\I)CN1/C=C(C)/C(C)=C(/C(=C(\C)N)C(N)O)CCN1. The van der Waals surface area contributed by atoms with Crippen LogP contribution in [0.4, 0.5) is 0 Å². The Bertz CT molecular complexity index is 686. The number of nitrogens with two attached hydrogens (primary N) is 2. The number of rotatable bonds is 6. The van der Waals surface area contributed by atoms with Crippen molar-refractivity contribution in [3.05, 3.63) is 67.6 Å². The van der Waals surface area contributed by atoms with Crippen LogP contribution in [0, 0.1) is 0 Å². The zero-order valence-electron chi connectivity index (χ0n) is 15.5. The van der Waals surface area contributed by atoms with E-state index in [1.165, 1.54) is 0 Å². The van der Waals surface area contributed by atoms with Crippen LogP contribution in [0.15, 0.2) is 67.6 Å². The number of nitrogens with zero attached hydrogens (tertiary/aromatic N) is 1. The van der Waals surface area contributed by atoms with Gasteiger partial charge in [0.05, 0.1) is 6.54 Å². The maximum atomic E-state index is 9.92. The predicted octanol–water partition coefficient (Wildman–Crippen LogP) is 3.55. The fourth-order valence-electron chi connectivity index (χ4n) is 2.69. The second kappa shape index (κ2) is 10.9. The van der Waals surface area contributed by atoms with Crippen LogP contribution >= 0.6 is 34.2 Å². The fraction of sp³-hybridized carbons (Fsp3) is 0.368. The third-order valence-electron chi connectivity index (χ3n) is 4.00. The van der Waals surface area contributed by atoms with Crippen LogP contribution in [0.3, 0.4) is 0 Å². The average molecular weight is 491 g/mol.